The van der Waals surface area contributed by atoms with Crippen LogP contribution < -0.4 is 0 Å². The molecule has 0 amide bonds. The standard InChI is InChI=1S/C12H13NO5/c14-10-4-2-1-3-8(10)7-13-9(12(17)18)5-6-11(15)16/h1-4,7,9,14H,5-6H2,(H,15,16)(H,17,18)/b13-7+/t9-/m0/s1. The monoisotopic (exact) mass is 251 g/mol. The highest BCUT2D eigenvalue weighted by atomic mass is 16.4. The second-order valence-electron chi connectivity index (χ2n) is 3.62. The maximum atomic E-state index is 10.8. The SMILES string of the molecule is O=C(O)CC[C@H](/N=C/c1ccccc1O)C(=O)O. The van der Waals surface area contributed by atoms with E-state index < -0.39 is 18.0 Å². The van der Waals surface area contributed by atoms with Gasteiger partial charge in [0.2, 0.25) is 0 Å². The molecule has 18 heavy (non-hydrogen) atoms. The molecule has 0 spiro atoms. The number of carboxylic acid groups (broad SMARTS) is 2. The van der Waals surface area contributed by atoms with Gasteiger partial charge < -0.3 is 15.3 Å². The summed E-state index contributed by atoms with van der Waals surface area (Å²) in [6.07, 6.45) is 0.875. The second kappa shape index (κ2) is 6.39. The maximum Gasteiger partial charge on any atom is 0.328 e. The van der Waals surface area contributed by atoms with Gasteiger partial charge in [-0.05, 0) is 18.6 Å². The number of carboxylic acids is 2. The molecule has 1 aromatic carbocycles. The minimum atomic E-state index is -1.19. The number of benzene rings is 1. The third kappa shape index (κ3) is 4.25. The maximum absolute atomic E-state index is 10.8. The number of hydrogen-bond acceptors (Lipinski definition) is 4. The third-order valence-corrected chi connectivity index (χ3v) is 2.25. The first-order valence-electron chi connectivity index (χ1n) is 5.26. The summed E-state index contributed by atoms with van der Waals surface area (Å²) < 4.78 is 0. The van der Waals surface area contributed by atoms with Crippen molar-refractivity contribution in [2.24, 2.45) is 4.99 Å². The smallest absolute Gasteiger partial charge is 0.328 e. The molecule has 1 aromatic rings. The average molecular weight is 251 g/mol. The molecule has 0 fully saturated rings. The molecule has 0 unspecified atom stereocenters. The molecule has 1 atom stereocenters. The molecule has 0 saturated heterocycles. The number of phenolic OH excluding ortho intramolecular Hbond substituents is 1. The van der Waals surface area contributed by atoms with Crippen molar-refractivity contribution >= 4 is 18.2 Å². The van der Waals surface area contributed by atoms with Crippen LogP contribution in [0.15, 0.2) is 29.3 Å². The molecule has 0 aliphatic carbocycles. The van der Waals surface area contributed by atoms with E-state index in [1.807, 2.05) is 0 Å². The Labute approximate surface area is 103 Å². The summed E-state index contributed by atoms with van der Waals surface area (Å²) in [7, 11) is 0. The van der Waals surface area contributed by atoms with E-state index in [0.717, 1.165) is 0 Å². The molecule has 0 aliphatic heterocycles. The van der Waals surface area contributed by atoms with Gasteiger partial charge in [-0.2, -0.15) is 0 Å². The molecule has 3 N–H and O–H groups in total. The van der Waals surface area contributed by atoms with E-state index in [0.29, 0.717) is 5.56 Å². The normalized spacial score (nSPS) is 12.4. The molecule has 96 valence electrons. The van der Waals surface area contributed by atoms with Crippen LogP contribution in [0.1, 0.15) is 18.4 Å². The molecular formula is C12H13NO5. The largest absolute Gasteiger partial charge is 0.507 e. The first kappa shape index (κ1) is 13.7. The topological polar surface area (TPSA) is 107 Å². The van der Waals surface area contributed by atoms with Crippen LogP contribution in [0.25, 0.3) is 0 Å². The van der Waals surface area contributed by atoms with Crippen molar-refractivity contribution < 1.29 is 24.9 Å². The van der Waals surface area contributed by atoms with Crippen LogP contribution in [0.3, 0.4) is 0 Å². The zero-order chi connectivity index (χ0) is 13.5. The molecule has 0 radical (unpaired) electrons. The fourth-order valence-electron chi connectivity index (χ4n) is 1.29. The minimum absolute atomic E-state index is 0.0105. The first-order valence-corrected chi connectivity index (χ1v) is 5.26. The molecule has 1 rings (SSSR count). The van der Waals surface area contributed by atoms with Crippen molar-refractivity contribution in [1.29, 1.82) is 0 Å². The lowest BCUT2D eigenvalue weighted by Gasteiger charge is -2.05. The van der Waals surface area contributed by atoms with Gasteiger partial charge in [0.05, 0.1) is 0 Å². The Balaban J connectivity index is 2.74. The molecule has 0 saturated carbocycles. The average Bonchev–Trinajstić information content (AvgIpc) is 2.30. The minimum Gasteiger partial charge on any atom is -0.507 e. The number of hydrogen-bond donors (Lipinski definition) is 3. The van der Waals surface area contributed by atoms with Gasteiger partial charge in [-0.1, -0.05) is 12.1 Å². The summed E-state index contributed by atoms with van der Waals surface area (Å²) in [4.78, 5) is 25.0. The van der Waals surface area contributed by atoms with E-state index in [-0.39, 0.29) is 18.6 Å². The summed E-state index contributed by atoms with van der Waals surface area (Å²) in [6, 6.07) is 5.21. The number of aromatic hydroxyl groups is 1. The number of carbonyl (C=O) groups is 2. The van der Waals surface area contributed by atoms with Gasteiger partial charge in [0.25, 0.3) is 0 Å². The molecule has 0 aromatic heterocycles. The predicted molar refractivity (Wildman–Crippen MR) is 64.0 cm³/mol. The quantitative estimate of drug-likeness (QED) is 0.657. The zero-order valence-corrected chi connectivity index (χ0v) is 9.48. The van der Waals surface area contributed by atoms with E-state index in [1.165, 1.54) is 12.3 Å². The molecule has 0 aliphatic rings. The van der Waals surface area contributed by atoms with Gasteiger partial charge in [0.15, 0.2) is 0 Å². The lowest BCUT2D eigenvalue weighted by molar-refractivity contribution is -0.139. The third-order valence-electron chi connectivity index (χ3n) is 2.25. The number of aliphatic imine (C=N–C) groups is 1. The van der Waals surface area contributed by atoms with Crippen LogP contribution in [0.2, 0.25) is 0 Å². The van der Waals surface area contributed by atoms with Crippen molar-refractivity contribution in [3.05, 3.63) is 29.8 Å². The molecule has 0 bridgehead atoms. The van der Waals surface area contributed by atoms with Gasteiger partial charge in [-0.25, -0.2) is 4.79 Å². The lowest BCUT2D eigenvalue weighted by Crippen LogP contribution is -2.19. The number of para-hydroxylation sites is 1. The van der Waals surface area contributed by atoms with E-state index in [2.05, 4.69) is 4.99 Å². The Morgan fingerprint density at radius 2 is 1.94 bits per heavy atom. The molecule has 0 heterocycles. The Hall–Kier alpha value is -2.37. The predicted octanol–water partition coefficient (Wildman–Crippen LogP) is 1.13. The van der Waals surface area contributed by atoms with Crippen molar-refractivity contribution in [1.82, 2.24) is 0 Å². The number of aliphatic carboxylic acids is 2. The highest BCUT2D eigenvalue weighted by Crippen LogP contribution is 2.13. The van der Waals surface area contributed by atoms with Crippen LogP contribution in [0, 0.1) is 0 Å². The van der Waals surface area contributed by atoms with Gasteiger partial charge in [-0.3, -0.25) is 9.79 Å². The Kier molecular flexibility index (Phi) is 4.86. The Morgan fingerprint density at radius 3 is 2.50 bits per heavy atom. The van der Waals surface area contributed by atoms with Gasteiger partial charge in [-0.15, -0.1) is 0 Å². The molecule has 6 heteroatoms. The lowest BCUT2D eigenvalue weighted by atomic mass is 10.1. The van der Waals surface area contributed by atoms with Crippen LogP contribution in [0.4, 0.5) is 0 Å². The Morgan fingerprint density at radius 1 is 1.28 bits per heavy atom. The van der Waals surface area contributed by atoms with Crippen molar-refractivity contribution in [2.75, 3.05) is 0 Å². The van der Waals surface area contributed by atoms with Crippen LogP contribution in [0.5, 0.6) is 5.75 Å². The van der Waals surface area contributed by atoms with Crippen LogP contribution >= 0.6 is 0 Å². The summed E-state index contributed by atoms with van der Waals surface area (Å²) in [6.45, 7) is 0. The van der Waals surface area contributed by atoms with E-state index in [4.69, 9.17) is 10.2 Å². The van der Waals surface area contributed by atoms with Crippen molar-refractivity contribution in [2.45, 2.75) is 18.9 Å². The number of phenols is 1. The molecule has 6 nitrogen and oxygen atoms in total. The van der Waals surface area contributed by atoms with Crippen molar-refractivity contribution in [3.63, 3.8) is 0 Å². The fraction of sp³-hybridized carbons (Fsp3) is 0.250. The van der Waals surface area contributed by atoms with Crippen molar-refractivity contribution in [3.8, 4) is 5.75 Å². The summed E-state index contributed by atoms with van der Waals surface area (Å²) >= 11 is 0. The summed E-state index contributed by atoms with van der Waals surface area (Å²) in [5, 5.41) is 26.8. The van der Waals surface area contributed by atoms with E-state index in [1.54, 1.807) is 18.2 Å². The van der Waals surface area contributed by atoms with Gasteiger partial charge >= 0.3 is 11.9 Å². The van der Waals surface area contributed by atoms with E-state index >= 15 is 0 Å². The number of rotatable bonds is 6. The highest BCUT2D eigenvalue weighted by molar-refractivity contribution is 5.86. The number of nitrogens with zero attached hydrogens (tertiary/aromatic N) is 1. The molecular weight excluding hydrogens is 238 g/mol. The fourth-order valence-corrected chi connectivity index (χ4v) is 1.29. The summed E-state index contributed by atoms with van der Waals surface area (Å²) in [5.74, 6) is -2.27. The second-order valence-corrected chi connectivity index (χ2v) is 3.62. The van der Waals surface area contributed by atoms with Gasteiger partial charge in [0, 0.05) is 18.2 Å². The first-order chi connectivity index (χ1) is 8.50. The van der Waals surface area contributed by atoms with Crippen LogP contribution in [-0.2, 0) is 9.59 Å². The Bertz CT molecular complexity index is 469. The van der Waals surface area contributed by atoms with Crippen LogP contribution in [-0.4, -0.2) is 39.5 Å². The summed E-state index contributed by atoms with van der Waals surface area (Å²) in [5.41, 5.74) is 0.388. The van der Waals surface area contributed by atoms with Gasteiger partial charge in [0.1, 0.15) is 11.8 Å². The zero-order valence-electron chi connectivity index (χ0n) is 9.48. The van der Waals surface area contributed by atoms with E-state index in [9.17, 15) is 14.7 Å². The highest BCUT2D eigenvalue weighted by Gasteiger charge is 2.16.